The highest BCUT2D eigenvalue weighted by molar-refractivity contribution is 7.20. The summed E-state index contributed by atoms with van der Waals surface area (Å²) < 4.78 is 0.857. The van der Waals surface area contributed by atoms with Gasteiger partial charge in [-0.05, 0) is 36.8 Å². The average molecular weight is 383 g/mol. The first-order valence-corrected chi connectivity index (χ1v) is 8.64. The van der Waals surface area contributed by atoms with Crippen LogP contribution in [0.15, 0.2) is 36.4 Å². The molecule has 0 aliphatic heterocycles. The Hall–Kier alpha value is -1.39. The van der Waals surface area contributed by atoms with Gasteiger partial charge >= 0.3 is 0 Å². The first kappa shape index (κ1) is 16.5. The number of ketones is 1. The van der Waals surface area contributed by atoms with Crippen LogP contribution in [0.4, 0.5) is 0 Å². The van der Waals surface area contributed by atoms with Gasteiger partial charge in [-0.3, -0.25) is 4.79 Å². The molecule has 2 aromatic heterocycles. The molecule has 0 aliphatic carbocycles. The summed E-state index contributed by atoms with van der Waals surface area (Å²) in [6.45, 7) is 1.98. The zero-order chi connectivity index (χ0) is 16.6. The van der Waals surface area contributed by atoms with E-state index in [2.05, 4.69) is 4.98 Å². The number of aryl methyl sites for hydroxylation is 1. The number of fused-ring (bicyclic) bond motifs is 1. The predicted molar refractivity (Wildman–Crippen MR) is 99.2 cm³/mol. The van der Waals surface area contributed by atoms with E-state index in [1.807, 2.05) is 31.2 Å². The van der Waals surface area contributed by atoms with Gasteiger partial charge in [0, 0.05) is 10.9 Å². The minimum absolute atomic E-state index is 0.224. The number of pyridine rings is 1. The molecule has 0 amide bonds. The molecule has 0 atom stereocenters. The molecule has 0 unspecified atom stereocenters. The zero-order valence-corrected chi connectivity index (χ0v) is 15.0. The van der Waals surface area contributed by atoms with E-state index in [1.54, 1.807) is 12.1 Å². The van der Waals surface area contributed by atoms with Crippen molar-refractivity contribution in [3.05, 3.63) is 66.9 Å². The fourth-order valence-corrected chi connectivity index (χ4v) is 3.90. The van der Waals surface area contributed by atoms with Gasteiger partial charge in [0.25, 0.3) is 0 Å². The zero-order valence-electron chi connectivity index (χ0n) is 11.9. The summed E-state index contributed by atoms with van der Waals surface area (Å²) >= 11 is 19.2. The Morgan fingerprint density at radius 2 is 2.00 bits per heavy atom. The molecule has 0 saturated carbocycles. The normalized spacial score (nSPS) is 11.5. The van der Waals surface area contributed by atoms with Crippen LogP contribution in [0.5, 0.6) is 0 Å². The van der Waals surface area contributed by atoms with Crippen LogP contribution in [0.2, 0.25) is 13.8 Å². The maximum Gasteiger partial charge on any atom is 0.188 e. The van der Waals surface area contributed by atoms with Gasteiger partial charge in [0.05, 0.1) is 15.4 Å². The lowest BCUT2D eigenvalue weighted by Gasteiger charge is -2.04. The number of hydrogen-bond acceptors (Lipinski definition) is 3. The van der Waals surface area contributed by atoms with Gasteiger partial charge in [0.2, 0.25) is 0 Å². The van der Waals surface area contributed by atoms with Crippen LogP contribution in [0.25, 0.3) is 17.0 Å². The molecule has 2 nitrogen and oxygen atoms in total. The van der Waals surface area contributed by atoms with Crippen LogP contribution in [0.3, 0.4) is 0 Å². The Balaban J connectivity index is 1.96. The first-order chi connectivity index (χ1) is 11.0. The number of thiophene rings is 1. The van der Waals surface area contributed by atoms with Crippen molar-refractivity contribution in [3.63, 3.8) is 0 Å². The highest BCUT2D eigenvalue weighted by atomic mass is 35.5. The van der Waals surface area contributed by atoms with E-state index in [9.17, 15) is 4.79 Å². The smallest absolute Gasteiger partial charge is 0.188 e. The third kappa shape index (κ3) is 3.43. The van der Waals surface area contributed by atoms with Gasteiger partial charge in [0.1, 0.15) is 9.49 Å². The van der Waals surface area contributed by atoms with Gasteiger partial charge in [-0.2, -0.15) is 0 Å². The van der Waals surface area contributed by atoms with Gasteiger partial charge < -0.3 is 0 Å². The number of hydrogen-bond donors (Lipinski definition) is 0. The molecule has 3 rings (SSSR count). The number of para-hydroxylation sites is 1. The maximum atomic E-state index is 12.2. The van der Waals surface area contributed by atoms with E-state index in [4.69, 9.17) is 34.8 Å². The van der Waals surface area contributed by atoms with Gasteiger partial charge in [-0.25, -0.2) is 4.98 Å². The second kappa shape index (κ2) is 6.62. The summed E-state index contributed by atoms with van der Waals surface area (Å²) in [5.74, 6) is -0.224. The van der Waals surface area contributed by atoms with Crippen molar-refractivity contribution in [1.82, 2.24) is 4.98 Å². The Kier molecular flexibility index (Phi) is 4.74. The van der Waals surface area contributed by atoms with E-state index in [0.717, 1.165) is 27.8 Å². The minimum atomic E-state index is -0.224. The SMILES string of the molecule is Cc1cccc2cc(/C=C/C(=O)c3cc(Cl)sc3Cl)c(Cl)nc12. The molecule has 2 heterocycles. The molecular weight excluding hydrogens is 373 g/mol. The molecule has 0 aliphatic rings. The number of aromatic nitrogens is 1. The highest BCUT2D eigenvalue weighted by Crippen LogP contribution is 2.32. The fraction of sp³-hybridized carbons (Fsp3) is 0.0588. The number of halogens is 3. The number of allylic oxidation sites excluding steroid dienone is 1. The molecule has 3 aromatic rings. The largest absolute Gasteiger partial charge is 0.289 e. The summed E-state index contributed by atoms with van der Waals surface area (Å²) in [5.41, 5.74) is 2.97. The second-order valence-corrected chi connectivity index (χ2v) is 7.59. The lowest BCUT2D eigenvalue weighted by atomic mass is 10.1. The summed E-state index contributed by atoms with van der Waals surface area (Å²) in [6.07, 6.45) is 3.07. The van der Waals surface area contributed by atoms with Crippen molar-refractivity contribution in [2.24, 2.45) is 0 Å². The molecule has 0 saturated heterocycles. The molecule has 0 radical (unpaired) electrons. The molecule has 0 N–H and O–H groups in total. The van der Waals surface area contributed by atoms with E-state index in [0.29, 0.717) is 25.0 Å². The second-order valence-electron chi connectivity index (χ2n) is 4.95. The predicted octanol–water partition coefficient (Wildman–Crippen LogP) is 6.46. The molecule has 0 fully saturated rings. The Bertz CT molecular complexity index is 946. The molecule has 6 heteroatoms. The topological polar surface area (TPSA) is 30.0 Å². The van der Waals surface area contributed by atoms with Crippen LogP contribution in [0.1, 0.15) is 21.5 Å². The van der Waals surface area contributed by atoms with Crippen molar-refractivity contribution in [1.29, 1.82) is 0 Å². The Labute approximate surface area is 152 Å². The quantitative estimate of drug-likeness (QED) is 0.295. The first-order valence-electron chi connectivity index (χ1n) is 6.69. The van der Waals surface area contributed by atoms with Gasteiger partial charge in [0.15, 0.2) is 5.78 Å². The Morgan fingerprint density at radius 3 is 2.70 bits per heavy atom. The van der Waals surface area contributed by atoms with Crippen LogP contribution in [-0.2, 0) is 0 Å². The number of benzene rings is 1. The number of carbonyl (C=O) groups is 1. The number of rotatable bonds is 3. The Morgan fingerprint density at radius 1 is 1.22 bits per heavy atom. The lowest BCUT2D eigenvalue weighted by Crippen LogP contribution is -1.93. The minimum Gasteiger partial charge on any atom is -0.289 e. The van der Waals surface area contributed by atoms with Crippen LogP contribution >= 0.6 is 46.1 Å². The molecule has 23 heavy (non-hydrogen) atoms. The summed E-state index contributed by atoms with van der Waals surface area (Å²) in [7, 11) is 0. The molecular formula is C17H10Cl3NOS. The summed E-state index contributed by atoms with van der Waals surface area (Å²) in [4.78, 5) is 16.6. The van der Waals surface area contributed by atoms with Crippen molar-refractivity contribution in [2.45, 2.75) is 6.92 Å². The van der Waals surface area contributed by atoms with Crippen LogP contribution in [-0.4, -0.2) is 10.8 Å². The summed E-state index contributed by atoms with van der Waals surface area (Å²) in [6, 6.07) is 9.36. The number of nitrogens with zero attached hydrogens (tertiary/aromatic N) is 1. The standard InChI is InChI=1S/C17H10Cl3NOS/c1-9-3-2-4-10-7-11(16(19)21-15(9)10)5-6-13(22)12-8-14(18)23-17(12)20/h2-8H,1H3/b6-5+. The van der Waals surface area contributed by atoms with Crippen molar-refractivity contribution < 1.29 is 4.79 Å². The van der Waals surface area contributed by atoms with Crippen molar-refractivity contribution in [2.75, 3.05) is 0 Å². The van der Waals surface area contributed by atoms with Crippen molar-refractivity contribution >= 4 is 68.9 Å². The fourth-order valence-electron chi connectivity index (χ4n) is 2.22. The van der Waals surface area contributed by atoms with Gasteiger partial charge in [-0.1, -0.05) is 53.0 Å². The molecule has 0 spiro atoms. The van der Waals surface area contributed by atoms with Crippen LogP contribution in [0, 0.1) is 6.92 Å². The number of carbonyl (C=O) groups excluding carboxylic acids is 1. The lowest BCUT2D eigenvalue weighted by molar-refractivity contribution is 0.104. The van der Waals surface area contributed by atoms with Crippen molar-refractivity contribution in [3.8, 4) is 0 Å². The van der Waals surface area contributed by atoms with Crippen LogP contribution < -0.4 is 0 Å². The molecule has 116 valence electrons. The third-order valence-corrected chi connectivity index (χ3v) is 5.15. The maximum absolute atomic E-state index is 12.2. The third-order valence-electron chi connectivity index (χ3n) is 3.36. The highest BCUT2D eigenvalue weighted by Gasteiger charge is 2.12. The average Bonchev–Trinajstić information content (AvgIpc) is 2.84. The van der Waals surface area contributed by atoms with E-state index >= 15 is 0 Å². The van der Waals surface area contributed by atoms with E-state index in [1.165, 1.54) is 6.08 Å². The molecule has 1 aromatic carbocycles. The van der Waals surface area contributed by atoms with E-state index < -0.39 is 0 Å². The van der Waals surface area contributed by atoms with Gasteiger partial charge in [-0.15, -0.1) is 11.3 Å². The van der Waals surface area contributed by atoms with E-state index in [-0.39, 0.29) is 5.78 Å². The summed E-state index contributed by atoms with van der Waals surface area (Å²) in [5, 5.41) is 1.32. The molecule has 0 bridgehead atoms. The monoisotopic (exact) mass is 381 g/mol.